The molecule has 0 saturated heterocycles. The minimum atomic E-state index is -0.291. The molecule has 2 aromatic carbocycles. The second-order valence-corrected chi connectivity index (χ2v) is 6.63. The second kappa shape index (κ2) is 6.79. The number of carbonyl (C=O) groups excluding carboxylic acids is 2. The number of nitrogens with one attached hydrogen (secondary N) is 2. The zero-order valence-corrected chi connectivity index (χ0v) is 15.2. The summed E-state index contributed by atoms with van der Waals surface area (Å²) < 4.78 is 10.8. The van der Waals surface area contributed by atoms with E-state index in [1.807, 2.05) is 43.3 Å². The SMILES string of the molecule is CC(=O)OCCNc1ccc2c(c1)CO/C2=C1/C(=O)Nc2cc(C)ccc21. The molecule has 27 heavy (non-hydrogen) atoms. The maximum absolute atomic E-state index is 12.5. The van der Waals surface area contributed by atoms with Crippen LogP contribution in [0.1, 0.15) is 29.2 Å². The molecule has 2 N–H and O–H groups in total. The first kappa shape index (κ1) is 17.1. The Hall–Kier alpha value is -3.28. The molecule has 0 aromatic heterocycles. The summed E-state index contributed by atoms with van der Waals surface area (Å²) in [6, 6.07) is 11.8. The number of rotatable bonds is 4. The number of hydrogen-bond acceptors (Lipinski definition) is 5. The lowest BCUT2D eigenvalue weighted by Crippen LogP contribution is -2.11. The number of aryl methyl sites for hydroxylation is 1. The number of hydrogen-bond donors (Lipinski definition) is 2. The van der Waals surface area contributed by atoms with E-state index in [9.17, 15) is 9.59 Å². The van der Waals surface area contributed by atoms with Crippen molar-refractivity contribution in [3.8, 4) is 0 Å². The Morgan fingerprint density at radius 3 is 2.85 bits per heavy atom. The van der Waals surface area contributed by atoms with Gasteiger partial charge in [0.1, 0.15) is 19.0 Å². The van der Waals surface area contributed by atoms with Crippen molar-refractivity contribution in [1.29, 1.82) is 0 Å². The Morgan fingerprint density at radius 1 is 1.22 bits per heavy atom. The number of carbonyl (C=O) groups is 2. The Balaban J connectivity index is 1.60. The minimum Gasteiger partial charge on any atom is -0.487 e. The van der Waals surface area contributed by atoms with Crippen LogP contribution in [0.2, 0.25) is 0 Å². The molecular formula is C21H20N2O4. The monoisotopic (exact) mass is 364 g/mol. The lowest BCUT2D eigenvalue weighted by molar-refractivity contribution is -0.140. The van der Waals surface area contributed by atoms with E-state index >= 15 is 0 Å². The molecule has 0 saturated carbocycles. The highest BCUT2D eigenvalue weighted by atomic mass is 16.5. The van der Waals surface area contributed by atoms with E-state index in [2.05, 4.69) is 10.6 Å². The van der Waals surface area contributed by atoms with E-state index in [1.165, 1.54) is 6.92 Å². The van der Waals surface area contributed by atoms with Crippen LogP contribution in [-0.2, 0) is 25.7 Å². The molecule has 2 aliphatic heterocycles. The van der Waals surface area contributed by atoms with Crippen molar-refractivity contribution in [2.24, 2.45) is 0 Å². The predicted octanol–water partition coefficient (Wildman–Crippen LogP) is 3.32. The largest absolute Gasteiger partial charge is 0.487 e. The van der Waals surface area contributed by atoms with Crippen LogP contribution in [0.5, 0.6) is 0 Å². The normalized spacial score (nSPS) is 17.0. The molecule has 0 unspecified atom stereocenters. The maximum atomic E-state index is 12.5. The first-order valence-corrected chi connectivity index (χ1v) is 8.83. The van der Waals surface area contributed by atoms with Crippen LogP contribution in [0.15, 0.2) is 36.4 Å². The van der Waals surface area contributed by atoms with Gasteiger partial charge in [-0.05, 0) is 36.8 Å². The van der Waals surface area contributed by atoms with Crippen molar-refractivity contribution in [3.63, 3.8) is 0 Å². The summed E-state index contributed by atoms with van der Waals surface area (Å²) in [7, 11) is 0. The highest BCUT2D eigenvalue weighted by molar-refractivity contribution is 6.36. The van der Waals surface area contributed by atoms with Gasteiger partial charge in [-0.15, -0.1) is 0 Å². The van der Waals surface area contributed by atoms with E-state index in [-0.39, 0.29) is 11.9 Å². The van der Waals surface area contributed by atoms with E-state index in [4.69, 9.17) is 9.47 Å². The van der Waals surface area contributed by atoms with Crippen LogP contribution in [0.4, 0.5) is 11.4 Å². The average molecular weight is 364 g/mol. The zero-order valence-electron chi connectivity index (χ0n) is 15.2. The van der Waals surface area contributed by atoms with Crippen molar-refractivity contribution in [2.75, 3.05) is 23.8 Å². The van der Waals surface area contributed by atoms with Crippen molar-refractivity contribution in [1.82, 2.24) is 0 Å². The fourth-order valence-corrected chi connectivity index (χ4v) is 3.38. The minimum absolute atomic E-state index is 0.137. The summed E-state index contributed by atoms with van der Waals surface area (Å²) in [4.78, 5) is 23.3. The van der Waals surface area contributed by atoms with Gasteiger partial charge in [0.25, 0.3) is 5.91 Å². The number of ether oxygens (including phenoxy) is 2. The van der Waals surface area contributed by atoms with Crippen LogP contribution < -0.4 is 10.6 Å². The van der Waals surface area contributed by atoms with Gasteiger partial charge in [-0.25, -0.2) is 0 Å². The van der Waals surface area contributed by atoms with Crippen LogP contribution in [-0.4, -0.2) is 25.0 Å². The van der Waals surface area contributed by atoms with Gasteiger partial charge in [0.15, 0.2) is 0 Å². The standard InChI is InChI=1S/C21H20N2O4/c1-12-3-5-17-18(9-12)23-21(25)19(17)20-16-6-4-15(10-14(16)11-27-20)22-7-8-26-13(2)24/h3-6,9-10,22H,7-8,11H2,1-2H3,(H,23,25)/b20-19+. The molecule has 0 spiro atoms. The summed E-state index contributed by atoms with van der Waals surface area (Å²) >= 11 is 0. The van der Waals surface area contributed by atoms with Crippen molar-refractivity contribution in [3.05, 3.63) is 58.7 Å². The summed E-state index contributed by atoms with van der Waals surface area (Å²) in [6.07, 6.45) is 0. The molecule has 138 valence electrons. The first-order chi connectivity index (χ1) is 13.0. The van der Waals surface area contributed by atoms with Gasteiger partial charge in [0.2, 0.25) is 0 Å². The average Bonchev–Trinajstić information content (AvgIpc) is 3.17. The maximum Gasteiger partial charge on any atom is 0.302 e. The van der Waals surface area contributed by atoms with Gasteiger partial charge in [0.05, 0.1) is 5.57 Å². The van der Waals surface area contributed by atoms with Gasteiger partial charge in [-0.2, -0.15) is 0 Å². The third-order valence-corrected chi connectivity index (χ3v) is 4.61. The van der Waals surface area contributed by atoms with Gasteiger partial charge in [-0.3, -0.25) is 9.59 Å². The van der Waals surface area contributed by atoms with Crippen molar-refractivity contribution >= 4 is 34.6 Å². The molecule has 0 aliphatic carbocycles. The Kier molecular flexibility index (Phi) is 4.32. The summed E-state index contributed by atoms with van der Waals surface area (Å²) in [5, 5.41) is 6.14. The van der Waals surface area contributed by atoms with Crippen molar-refractivity contribution < 1.29 is 19.1 Å². The highest BCUT2D eigenvalue weighted by Gasteiger charge is 2.32. The summed E-state index contributed by atoms with van der Waals surface area (Å²) in [5.74, 6) is 0.194. The summed E-state index contributed by atoms with van der Waals surface area (Å²) in [5.41, 5.74) is 6.24. The number of amides is 1. The molecule has 1 amide bonds. The fraction of sp³-hybridized carbons (Fsp3) is 0.238. The van der Waals surface area contributed by atoms with E-state index in [0.29, 0.717) is 31.1 Å². The number of fused-ring (bicyclic) bond motifs is 2. The Bertz CT molecular complexity index is 978. The molecule has 0 radical (unpaired) electrons. The molecule has 6 heteroatoms. The zero-order chi connectivity index (χ0) is 19.0. The van der Waals surface area contributed by atoms with Crippen LogP contribution in [0, 0.1) is 6.92 Å². The lowest BCUT2D eigenvalue weighted by atomic mass is 9.99. The number of esters is 1. The quantitative estimate of drug-likeness (QED) is 0.494. The molecule has 2 heterocycles. The molecule has 0 bridgehead atoms. The lowest BCUT2D eigenvalue weighted by Gasteiger charge is -2.08. The number of anilines is 2. The topological polar surface area (TPSA) is 76.7 Å². The van der Waals surface area contributed by atoms with E-state index < -0.39 is 0 Å². The van der Waals surface area contributed by atoms with Gasteiger partial charge >= 0.3 is 5.97 Å². The molecule has 0 atom stereocenters. The highest BCUT2D eigenvalue weighted by Crippen LogP contribution is 2.42. The number of benzene rings is 2. The van der Waals surface area contributed by atoms with Gasteiger partial charge in [0, 0.05) is 41.5 Å². The predicted molar refractivity (Wildman–Crippen MR) is 103 cm³/mol. The Morgan fingerprint density at radius 2 is 2.04 bits per heavy atom. The molecule has 2 aromatic rings. The summed E-state index contributed by atoms with van der Waals surface area (Å²) in [6.45, 7) is 4.65. The smallest absolute Gasteiger partial charge is 0.302 e. The van der Waals surface area contributed by atoms with Crippen LogP contribution in [0.3, 0.4) is 0 Å². The second-order valence-electron chi connectivity index (χ2n) is 6.63. The molecule has 0 fully saturated rings. The van der Waals surface area contributed by atoms with E-state index in [0.717, 1.165) is 33.6 Å². The van der Waals surface area contributed by atoms with Crippen LogP contribution >= 0.6 is 0 Å². The van der Waals surface area contributed by atoms with Crippen molar-refractivity contribution in [2.45, 2.75) is 20.5 Å². The molecule has 2 aliphatic rings. The Labute approximate surface area is 157 Å². The van der Waals surface area contributed by atoms with Gasteiger partial charge < -0.3 is 20.1 Å². The third-order valence-electron chi connectivity index (χ3n) is 4.61. The van der Waals surface area contributed by atoms with Gasteiger partial charge in [-0.1, -0.05) is 12.1 Å². The molecule has 4 rings (SSSR count). The first-order valence-electron chi connectivity index (χ1n) is 8.83. The van der Waals surface area contributed by atoms with E-state index in [1.54, 1.807) is 0 Å². The molecular weight excluding hydrogens is 344 g/mol. The third kappa shape index (κ3) is 3.26. The molecule has 6 nitrogen and oxygen atoms in total. The fourth-order valence-electron chi connectivity index (χ4n) is 3.38. The van der Waals surface area contributed by atoms with Crippen LogP contribution in [0.25, 0.3) is 11.3 Å².